The Bertz CT molecular complexity index is 732. The molecule has 0 aliphatic heterocycles. The van der Waals surface area contributed by atoms with Gasteiger partial charge in [-0.05, 0) is 69.6 Å². The standard InChI is InChI=1S/C29H50O3/c1-13-15-24(26(3,4)5)28(9,10)31-22-18-17-21(20-30)19-23(22)32-29(11,12)25(16-14-2)27(6,7)8/h17-20,24-25H,13-16H2,1-12H3. The first-order valence-electron chi connectivity index (χ1n) is 12.5. The summed E-state index contributed by atoms with van der Waals surface area (Å²) < 4.78 is 13.4. The summed E-state index contributed by atoms with van der Waals surface area (Å²) in [5, 5.41) is 0. The molecule has 0 amide bonds. The third-order valence-corrected chi connectivity index (χ3v) is 6.77. The average molecular weight is 447 g/mol. The van der Waals surface area contributed by atoms with Crippen LogP contribution in [0, 0.1) is 22.7 Å². The molecule has 1 rings (SSSR count). The van der Waals surface area contributed by atoms with Crippen LogP contribution >= 0.6 is 0 Å². The van der Waals surface area contributed by atoms with Gasteiger partial charge in [0.25, 0.3) is 0 Å². The Kier molecular flexibility index (Phi) is 9.46. The lowest BCUT2D eigenvalue weighted by atomic mass is 9.69. The van der Waals surface area contributed by atoms with Crippen molar-refractivity contribution < 1.29 is 14.3 Å². The van der Waals surface area contributed by atoms with Crippen molar-refractivity contribution in [2.24, 2.45) is 22.7 Å². The van der Waals surface area contributed by atoms with Gasteiger partial charge in [-0.1, -0.05) is 68.2 Å². The third kappa shape index (κ3) is 7.52. The minimum atomic E-state index is -0.412. The fourth-order valence-corrected chi connectivity index (χ4v) is 5.70. The summed E-state index contributed by atoms with van der Waals surface area (Å²) in [6.45, 7) is 26.8. The van der Waals surface area contributed by atoms with E-state index in [-0.39, 0.29) is 16.4 Å². The number of carbonyl (C=O) groups is 1. The average Bonchev–Trinajstić information content (AvgIpc) is 2.62. The highest BCUT2D eigenvalue weighted by Gasteiger charge is 2.42. The molecule has 0 saturated heterocycles. The van der Waals surface area contributed by atoms with Crippen LogP contribution in [0.5, 0.6) is 11.5 Å². The summed E-state index contributed by atoms with van der Waals surface area (Å²) >= 11 is 0. The topological polar surface area (TPSA) is 35.5 Å². The van der Waals surface area contributed by atoms with E-state index in [4.69, 9.17) is 9.47 Å². The quantitative estimate of drug-likeness (QED) is 0.319. The molecule has 0 saturated carbocycles. The fourth-order valence-electron chi connectivity index (χ4n) is 5.70. The molecule has 0 aliphatic carbocycles. The van der Waals surface area contributed by atoms with E-state index in [0.29, 0.717) is 28.9 Å². The summed E-state index contributed by atoms with van der Waals surface area (Å²) in [5.74, 6) is 2.09. The second-order valence-corrected chi connectivity index (χ2v) is 12.6. The maximum atomic E-state index is 11.5. The number of rotatable bonds is 11. The minimum Gasteiger partial charge on any atom is -0.484 e. The van der Waals surface area contributed by atoms with E-state index in [2.05, 4.69) is 83.1 Å². The van der Waals surface area contributed by atoms with Crippen LogP contribution in [0.2, 0.25) is 0 Å². The van der Waals surface area contributed by atoms with Gasteiger partial charge in [0.05, 0.1) is 0 Å². The summed E-state index contributed by atoms with van der Waals surface area (Å²) in [7, 11) is 0. The van der Waals surface area contributed by atoms with Crippen LogP contribution in [0.25, 0.3) is 0 Å². The molecule has 3 nitrogen and oxygen atoms in total. The van der Waals surface area contributed by atoms with E-state index in [1.165, 1.54) is 0 Å². The molecular formula is C29H50O3. The Hall–Kier alpha value is -1.51. The van der Waals surface area contributed by atoms with Gasteiger partial charge in [-0.3, -0.25) is 4.79 Å². The minimum absolute atomic E-state index is 0.0977. The lowest BCUT2D eigenvalue weighted by molar-refractivity contribution is -0.0346. The van der Waals surface area contributed by atoms with E-state index in [0.717, 1.165) is 32.0 Å². The number of carbonyl (C=O) groups excluding carboxylic acids is 1. The van der Waals surface area contributed by atoms with Crippen molar-refractivity contribution >= 4 is 6.29 Å². The van der Waals surface area contributed by atoms with Crippen molar-refractivity contribution in [2.45, 2.75) is 120 Å². The van der Waals surface area contributed by atoms with Gasteiger partial charge in [0, 0.05) is 17.4 Å². The van der Waals surface area contributed by atoms with Crippen LogP contribution in [-0.4, -0.2) is 17.5 Å². The summed E-state index contributed by atoms with van der Waals surface area (Å²) in [6.07, 6.45) is 5.25. The van der Waals surface area contributed by atoms with Crippen LogP contribution in [0.3, 0.4) is 0 Å². The number of aldehydes is 1. The van der Waals surface area contributed by atoms with E-state index in [1.807, 2.05) is 18.2 Å². The predicted octanol–water partition coefficient (Wildman–Crippen LogP) is 8.74. The Labute approximate surface area is 198 Å². The summed E-state index contributed by atoms with van der Waals surface area (Å²) in [6, 6.07) is 5.55. The van der Waals surface area contributed by atoms with Gasteiger partial charge in [0.2, 0.25) is 0 Å². The van der Waals surface area contributed by atoms with Gasteiger partial charge in [-0.2, -0.15) is 0 Å². The maximum Gasteiger partial charge on any atom is 0.162 e. The highest BCUT2D eigenvalue weighted by Crippen LogP contribution is 2.45. The molecule has 3 heteroatoms. The monoisotopic (exact) mass is 446 g/mol. The van der Waals surface area contributed by atoms with Gasteiger partial charge in [0.1, 0.15) is 17.5 Å². The molecule has 0 fully saturated rings. The molecule has 0 heterocycles. The molecule has 2 unspecified atom stereocenters. The van der Waals surface area contributed by atoms with Crippen LogP contribution < -0.4 is 9.47 Å². The van der Waals surface area contributed by atoms with E-state index in [1.54, 1.807) is 0 Å². The lowest BCUT2D eigenvalue weighted by Gasteiger charge is -2.45. The van der Waals surface area contributed by atoms with Crippen molar-refractivity contribution in [2.75, 3.05) is 0 Å². The van der Waals surface area contributed by atoms with Gasteiger partial charge < -0.3 is 9.47 Å². The maximum absolute atomic E-state index is 11.5. The molecule has 184 valence electrons. The second-order valence-electron chi connectivity index (χ2n) is 12.6. The smallest absolute Gasteiger partial charge is 0.162 e. The zero-order chi connectivity index (χ0) is 25.0. The van der Waals surface area contributed by atoms with Crippen LogP contribution in [0.1, 0.15) is 119 Å². The van der Waals surface area contributed by atoms with Gasteiger partial charge in [-0.25, -0.2) is 0 Å². The first-order valence-corrected chi connectivity index (χ1v) is 12.5. The van der Waals surface area contributed by atoms with Crippen molar-refractivity contribution in [3.05, 3.63) is 23.8 Å². The SMILES string of the molecule is CCCC(C(C)(C)C)C(C)(C)Oc1ccc(C=O)cc1OC(C)(C)C(CCC)C(C)(C)C. The molecule has 0 aliphatic rings. The molecule has 2 atom stereocenters. The molecule has 1 aromatic carbocycles. The molecule has 0 radical (unpaired) electrons. The van der Waals surface area contributed by atoms with Crippen molar-refractivity contribution in [1.29, 1.82) is 0 Å². The Balaban J connectivity index is 3.42. The van der Waals surface area contributed by atoms with Crippen LogP contribution in [0.4, 0.5) is 0 Å². The van der Waals surface area contributed by atoms with E-state index >= 15 is 0 Å². The molecule has 0 aromatic heterocycles. The Morgan fingerprint density at radius 3 is 1.47 bits per heavy atom. The Morgan fingerprint density at radius 1 is 0.719 bits per heavy atom. The largest absolute Gasteiger partial charge is 0.484 e. The van der Waals surface area contributed by atoms with E-state index in [9.17, 15) is 4.79 Å². The molecule has 32 heavy (non-hydrogen) atoms. The number of benzene rings is 1. The fraction of sp³-hybridized carbons (Fsp3) is 0.759. The molecule has 0 bridgehead atoms. The zero-order valence-corrected chi connectivity index (χ0v) is 23.0. The number of hydrogen-bond acceptors (Lipinski definition) is 3. The first kappa shape index (κ1) is 28.5. The number of hydrogen-bond donors (Lipinski definition) is 0. The Morgan fingerprint density at radius 2 is 1.12 bits per heavy atom. The molecule has 1 aromatic rings. The van der Waals surface area contributed by atoms with Crippen LogP contribution in [0.15, 0.2) is 18.2 Å². The van der Waals surface area contributed by atoms with Crippen molar-refractivity contribution in [1.82, 2.24) is 0 Å². The van der Waals surface area contributed by atoms with Crippen molar-refractivity contribution in [3.8, 4) is 11.5 Å². The second kappa shape index (κ2) is 10.6. The highest BCUT2D eigenvalue weighted by atomic mass is 16.5. The normalized spacial score (nSPS) is 15.2. The lowest BCUT2D eigenvalue weighted by Crippen LogP contribution is -2.45. The van der Waals surface area contributed by atoms with Crippen LogP contribution in [-0.2, 0) is 0 Å². The summed E-state index contributed by atoms with van der Waals surface area (Å²) in [5.41, 5.74) is 0.0167. The summed E-state index contributed by atoms with van der Waals surface area (Å²) in [4.78, 5) is 11.5. The van der Waals surface area contributed by atoms with Gasteiger partial charge in [-0.15, -0.1) is 0 Å². The predicted molar refractivity (Wildman–Crippen MR) is 137 cm³/mol. The van der Waals surface area contributed by atoms with Crippen molar-refractivity contribution in [3.63, 3.8) is 0 Å². The van der Waals surface area contributed by atoms with E-state index < -0.39 is 5.60 Å². The third-order valence-electron chi connectivity index (χ3n) is 6.77. The molecule has 0 N–H and O–H groups in total. The van der Waals surface area contributed by atoms with Gasteiger partial charge in [0.15, 0.2) is 11.5 Å². The highest BCUT2D eigenvalue weighted by molar-refractivity contribution is 5.76. The number of ether oxygens (including phenoxy) is 2. The zero-order valence-electron chi connectivity index (χ0n) is 23.0. The first-order chi connectivity index (χ1) is 14.5. The van der Waals surface area contributed by atoms with Gasteiger partial charge >= 0.3 is 0 Å². The molecular weight excluding hydrogens is 396 g/mol. The molecule has 0 spiro atoms.